The molecule has 0 aromatic carbocycles. The standard InChI is InChI=1S/C10H13NO/c1-3-9(10(12)4-2)11-7-5-6-8-11/h3,5-8H,4H2,1-2H3/b9-3+. The molecule has 0 saturated carbocycles. The third kappa shape index (κ3) is 1.64. The second-order valence-corrected chi connectivity index (χ2v) is 2.54. The molecule has 0 aliphatic rings. The van der Waals surface area contributed by atoms with Crippen molar-refractivity contribution in [1.82, 2.24) is 4.57 Å². The highest BCUT2D eigenvalue weighted by atomic mass is 16.1. The lowest BCUT2D eigenvalue weighted by Crippen LogP contribution is -2.05. The van der Waals surface area contributed by atoms with Crippen LogP contribution < -0.4 is 0 Å². The number of ketones is 1. The highest BCUT2D eigenvalue weighted by molar-refractivity contribution is 6.14. The Morgan fingerprint density at radius 3 is 2.42 bits per heavy atom. The molecule has 64 valence electrons. The quantitative estimate of drug-likeness (QED) is 0.627. The van der Waals surface area contributed by atoms with Crippen LogP contribution in [0.15, 0.2) is 30.6 Å². The monoisotopic (exact) mass is 163 g/mol. The molecule has 1 aromatic rings. The van der Waals surface area contributed by atoms with Gasteiger partial charge in [-0.1, -0.05) is 13.0 Å². The molecule has 12 heavy (non-hydrogen) atoms. The SMILES string of the molecule is C/C=C(\C(=O)CC)n1cccc1. The maximum atomic E-state index is 11.4. The number of nitrogens with zero attached hydrogens (tertiary/aromatic N) is 1. The van der Waals surface area contributed by atoms with Crippen molar-refractivity contribution in [2.45, 2.75) is 20.3 Å². The van der Waals surface area contributed by atoms with E-state index in [0.717, 1.165) is 5.70 Å². The van der Waals surface area contributed by atoms with E-state index in [1.807, 2.05) is 49.0 Å². The van der Waals surface area contributed by atoms with Crippen LogP contribution in [0.2, 0.25) is 0 Å². The smallest absolute Gasteiger partial charge is 0.178 e. The highest BCUT2D eigenvalue weighted by Crippen LogP contribution is 2.07. The lowest BCUT2D eigenvalue weighted by atomic mass is 10.2. The fraction of sp³-hybridized carbons (Fsp3) is 0.300. The molecule has 0 aliphatic carbocycles. The second kappa shape index (κ2) is 3.90. The van der Waals surface area contributed by atoms with E-state index in [-0.39, 0.29) is 5.78 Å². The summed E-state index contributed by atoms with van der Waals surface area (Å²) in [5.74, 6) is 0.175. The molecule has 1 heterocycles. The summed E-state index contributed by atoms with van der Waals surface area (Å²) < 4.78 is 1.84. The van der Waals surface area contributed by atoms with Gasteiger partial charge in [0, 0.05) is 18.8 Å². The molecule has 0 spiro atoms. The normalized spacial score (nSPS) is 11.7. The molecule has 2 heteroatoms. The third-order valence-corrected chi connectivity index (χ3v) is 1.76. The molecular formula is C10H13NO. The highest BCUT2D eigenvalue weighted by Gasteiger charge is 2.05. The predicted octanol–water partition coefficient (Wildman–Crippen LogP) is 2.33. The van der Waals surface area contributed by atoms with Crippen LogP contribution in [-0.2, 0) is 4.79 Å². The molecule has 0 bridgehead atoms. The van der Waals surface area contributed by atoms with Crippen LogP contribution in [0.4, 0.5) is 0 Å². The fourth-order valence-electron chi connectivity index (χ4n) is 1.13. The lowest BCUT2D eigenvalue weighted by Gasteiger charge is -2.04. The number of carbonyl (C=O) groups excluding carboxylic acids is 1. The van der Waals surface area contributed by atoms with Crippen LogP contribution in [0.25, 0.3) is 5.70 Å². The van der Waals surface area contributed by atoms with Gasteiger partial charge in [0.05, 0.1) is 5.70 Å². The molecule has 1 rings (SSSR count). The Kier molecular flexibility index (Phi) is 2.86. The molecule has 1 aromatic heterocycles. The second-order valence-electron chi connectivity index (χ2n) is 2.54. The summed E-state index contributed by atoms with van der Waals surface area (Å²) in [5, 5.41) is 0. The van der Waals surface area contributed by atoms with Crippen LogP contribution in [0.5, 0.6) is 0 Å². The summed E-state index contributed by atoms with van der Waals surface area (Å²) in [5.41, 5.74) is 0.752. The minimum atomic E-state index is 0.175. The van der Waals surface area contributed by atoms with Gasteiger partial charge in [0.2, 0.25) is 0 Å². The van der Waals surface area contributed by atoms with Crippen molar-refractivity contribution in [3.8, 4) is 0 Å². The van der Waals surface area contributed by atoms with Gasteiger partial charge in [0.15, 0.2) is 5.78 Å². The van der Waals surface area contributed by atoms with Crippen molar-refractivity contribution in [2.75, 3.05) is 0 Å². The molecule has 0 radical (unpaired) electrons. The van der Waals surface area contributed by atoms with Gasteiger partial charge in [-0.2, -0.15) is 0 Å². The Labute approximate surface area is 72.5 Å². The summed E-state index contributed by atoms with van der Waals surface area (Å²) >= 11 is 0. The van der Waals surface area contributed by atoms with Crippen molar-refractivity contribution in [1.29, 1.82) is 0 Å². The Morgan fingerprint density at radius 2 is 2.00 bits per heavy atom. The van der Waals surface area contributed by atoms with Crippen molar-refractivity contribution < 1.29 is 4.79 Å². The van der Waals surface area contributed by atoms with E-state index in [2.05, 4.69) is 0 Å². The van der Waals surface area contributed by atoms with Gasteiger partial charge >= 0.3 is 0 Å². The summed E-state index contributed by atoms with van der Waals surface area (Å²) in [6.07, 6.45) is 6.15. The first-order valence-electron chi connectivity index (χ1n) is 4.12. The number of aromatic nitrogens is 1. The van der Waals surface area contributed by atoms with E-state index in [9.17, 15) is 4.79 Å². The van der Waals surface area contributed by atoms with Gasteiger partial charge in [-0.3, -0.25) is 4.79 Å². The van der Waals surface area contributed by atoms with Crippen molar-refractivity contribution in [3.63, 3.8) is 0 Å². The maximum Gasteiger partial charge on any atom is 0.178 e. The first-order chi connectivity index (χ1) is 5.79. The van der Waals surface area contributed by atoms with Gasteiger partial charge in [-0.25, -0.2) is 0 Å². The molecule has 2 nitrogen and oxygen atoms in total. The largest absolute Gasteiger partial charge is 0.321 e. The van der Waals surface area contributed by atoms with E-state index < -0.39 is 0 Å². The van der Waals surface area contributed by atoms with Crippen LogP contribution in [-0.4, -0.2) is 10.4 Å². The molecule has 0 amide bonds. The Bertz CT molecular complexity index is 283. The lowest BCUT2D eigenvalue weighted by molar-refractivity contribution is -0.113. The van der Waals surface area contributed by atoms with Crippen molar-refractivity contribution >= 4 is 11.5 Å². The molecule has 0 aliphatic heterocycles. The Balaban J connectivity index is 2.93. The molecule has 0 saturated heterocycles. The summed E-state index contributed by atoms with van der Waals surface area (Å²) in [7, 11) is 0. The molecule has 0 atom stereocenters. The predicted molar refractivity (Wildman–Crippen MR) is 49.7 cm³/mol. The summed E-state index contributed by atoms with van der Waals surface area (Å²) in [6.45, 7) is 3.75. The van der Waals surface area contributed by atoms with E-state index in [0.29, 0.717) is 6.42 Å². The number of allylic oxidation sites excluding steroid dienone is 2. The van der Waals surface area contributed by atoms with E-state index in [1.165, 1.54) is 0 Å². The average molecular weight is 163 g/mol. The number of hydrogen-bond acceptors (Lipinski definition) is 1. The first kappa shape index (κ1) is 8.78. The van der Waals surface area contributed by atoms with Gasteiger partial charge in [0.25, 0.3) is 0 Å². The van der Waals surface area contributed by atoms with E-state index in [1.54, 1.807) is 0 Å². The van der Waals surface area contributed by atoms with Gasteiger partial charge < -0.3 is 4.57 Å². The maximum absolute atomic E-state index is 11.4. The molecule has 0 unspecified atom stereocenters. The fourth-order valence-corrected chi connectivity index (χ4v) is 1.13. The van der Waals surface area contributed by atoms with Crippen LogP contribution in [0.1, 0.15) is 20.3 Å². The van der Waals surface area contributed by atoms with Crippen molar-refractivity contribution in [2.24, 2.45) is 0 Å². The minimum Gasteiger partial charge on any atom is -0.321 e. The number of rotatable bonds is 3. The van der Waals surface area contributed by atoms with Crippen LogP contribution in [0.3, 0.4) is 0 Å². The first-order valence-corrected chi connectivity index (χ1v) is 4.12. The zero-order valence-electron chi connectivity index (χ0n) is 7.45. The van der Waals surface area contributed by atoms with E-state index >= 15 is 0 Å². The van der Waals surface area contributed by atoms with Crippen LogP contribution >= 0.6 is 0 Å². The average Bonchev–Trinajstić information content (AvgIpc) is 2.58. The van der Waals surface area contributed by atoms with Crippen LogP contribution in [0, 0.1) is 0 Å². The minimum absolute atomic E-state index is 0.175. The Hall–Kier alpha value is -1.31. The molecule has 0 fully saturated rings. The van der Waals surface area contributed by atoms with Gasteiger partial charge in [-0.05, 0) is 19.1 Å². The zero-order valence-corrected chi connectivity index (χ0v) is 7.45. The van der Waals surface area contributed by atoms with E-state index in [4.69, 9.17) is 0 Å². The number of hydrogen-bond donors (Lipinski definition) is 0. The molecule has 0 N–H and O–H groups in total. The Morgan fingerprint density at radius 1 is 1.42 bits per heavy atom. The number of Topliss-reactive ketones (excluding diaryl/α,β-unsaturated/α-hetero) is 1. The van der Waals surface area contributed by atoms with Gasteiger partial charge in [-0.15, -0.1) is 0 Å². The molecular weight excluding hydrogens is 150 g/mol. The van der Waals surface area contributed by atoms with Gasteiger partial charge in [0.1, 0.15) is 0 Å². The topological polar surface area (TPSA) is 22.0 Å². The summed E-state index contributed by atoms with van der Waals surface area (Å²) in [4.78, 5) is 11.4. The number of carbonyl (C=O) groups is 1. The van der Waals surface area contributed by atoms with Crippen molar-refractivity contribution in [3.05, 3.63) is 30.6 Å². The summed E-state index contributed by atoms with van der Waals surface area (Å²) in [6, 6.07) is 3.82. The zero-order chi connectivity index (χ0) is 8.97. The third-order valence-electron chi connectivity index (χ3n) is 1.76.